The fourth-order valence-corrected chi connectivity index (χ4v) is 7.24. The van der Waals surface area contributed by atoms with E-state index in [1.165, 1.54) is 13.2 Å². The molecule has 2 fully saturated rings. The number of hydrogen-bond donors (Lipinski definition) is 1. The minimum Gasteiger partial charge on any atom is -0.494 e. The van der Waals surface area contributed by atoms with Crippen LogP contribution in [0.5, 0.6) is 5.75 Å². The molecule has 1 aromatic heterocycles. The van der Waals surface area contributed by atoms with Crippen LogP contribution in [0.25, 0.3) is 0 Å². The molecule has 252 valence electrons. The fourth-order valence-electron chi connectivity index (χ4n) is 7.24. The largest absolute Gasteiger partial charge is 0.494 e. The molecular weight excluding hydrogens is 599 g/mol. The molecule has 2 aromatic rings. The van der Waals surface area contributed by atoms with Crippen LogP contribution in [0.2, 0.25) is 0 Å². The lowest BCUT2D eigenvalue weighted by Gasteiger charge is -2.40. The van der Waals surface area contributed by atoms with Gasteiger partial charge in [0.2, 0.25) is 5.91 Å². The van der Waals surface area contributed by atoms with E-state index in [4.69, 9.17) is 14.2 Å². The van der Waals surface area contributed by atoms with Crippen molar-refractivity contribution >= 4 is 11.9 Å². The maximum absolute atomic E-state index is 14.3. The predicted octanol–water partition coefficient (Wildman–Crippen LogP) is 6.14. The Hall–Kier alpha value is -3.18. The van der Waals surface area contributed by atoms with E-state index in [1.807, 2.05) is 0 Å². The van der Waals surface area contributed by atoms with Gasteiger partial charge in [-0.2, -0.15) is 13.2 Å². The minimum atomic E-state index is -4.55. The van der Waals surface area contributed by atoms with E-state index in [2.05, 4.69) is 24.1 Å². The van der Waals surface area contributed by atoms with Crippen molar-refractivity contribution in [2.75, 3.05) is 33.5 Å². The van der Waals surface area contributed by atoms with E-state index in [1.54, 1.807) is 29.2 Å². The monoisotopic (exact) mass is 645 g/mol. The van der Waals surface area contributed by atoms with Crippen LogP contribution in [0.1, 0.15) is 91.7 Å². The molecule has 3 heterocycles. The van der Waals surface area contributed by atoms with Gasteiger partial charge in [0.25, 0.3) is 0 Å². The molecule has 1 amide bonds. The first-order chi connectivity index (χ1) is 22.0. The average Bonchev–Trinajstić information content (AvgIpc) is 3.48. The minimum absolute atomic E-state index is 0.0372. The zero-order chi connectivity index (χ0) is 32.9. The molecule has 1 saturated heterocycles. The Kier molecular flexibility index (Phi) is 10.9. The first-order valence-corrected chi connectivity index (χ1v) is 16.5. The van der Waals surface area contributed by atoms with Crippen molar-refractivity contribution in [1.82, 2.24) is 15.2 Å². The van der Waals surface area contributed by atoms with Crippen LogP contribution in [-0.2, 0) is 39.8 Å². The number of esters is 1. The molecule has 1 N–H and O–H groups in total. The van der Waals surface area contributed by atoms with Crippen molar-refractivity contribution in [3.8, 4) is 5.75 Å². The summed E-state index contributed by atoms with van der Waals surface area (Å²) in [5.41, 5.74) is 0.277. The molecule has 46 heavy (non-hydrogen) atoms. The molecule has 0 radical (unpaired) electrons. The SMILES string of the molecule is COC(=O)c1cccc(OCCCCc2nc3c(cc2C(F)(F)F)CN(C(=O)[C@@]2(C(C)C)CC[C@@H](NC4CCOCC4)C2)CC3)c1. The Morgan fingerprint density at radius 3 is 2.63 bits per heavy atom. The third-order valence-electron chi connectivity index (χ3n) is 9.95. The molecule has 1 saturated carbocycles. The predicted molar refractivity (Wildman–Crippen MR) is 166 cm³/mol. The van der Waals surface area contributed by atoms with Crippen molar-refractivity contribution in [3.63, 3.8) is 0 Å². The number of benzene rings is 1. The summed E-state index contributed by atoms with van der Waals surface area (Å²) in [5.74, 6) is 0.197. The molecule has 2 atom stereocenters. The Morgan fingerprint density at radius 1 is 1.13 bits per heavy atom. The number of rotatable bonds is 11. The summed E-state index contributed by atoms with van der Waals surface area (Å²) in [4.78, 5) is 32.2. The number of carbonyl (C=O) groups is 2. The van der Waals surface area contributed by atoms with E-state index in [0.29, 0.717) is 54.4 Å². The summed E-state index contributed by atoms with van der Waals surface area (Å²) >= 11 is 0. The number of hydrogen-bond acceptors (Lipinski definition) is 7. The molecule has 2 aliphatic heterocycles. The molecular formula is C35H46F3N3O5. The highest BCUT2D eigenvalue weighted by Crippen LogP contribution is 2.47. The number of ether oxygens (including phenoxy) is 3. The number of aromatic nitrogens is 1. The number of aryl methyl sites for hydroxylation is 1. The number of pyridine rings is 1. The van der Waals surface area contributed by atoms with Crippen LogP contribution in [0.4, 0.5) is 13.2 Å². The molecule has 0 spiro atoms. The molecule has 5 rings (SSSR count). The summed E-state index contributed by atoms with van der Waals surface area (Å²) in [6.07, 6.45) is 1.39. The third-order valence-corrected chi connectivity index (χ3v) is 9.95. The highest BCUT2D eigenvalue weighted by Gasteiger charge is 2.50. The van der Waals surface area contributed by atoms with Crippen LogP contribution in [0, 0.1) is 11.3 Å². The molecule has 1 aromatic carbocycles. The molecule has 3 aliphatic rings. The van der Waals surface area contributed by atoms with Crippen molar-refractivity contribution in [3.05, 3.63) is 58.4 Å². The molecule has 11 heteroatoms. The van der Waals surface area contributed by atoms with Crippen LogP contribution in [0.15, 0.2) is 30.3 Å². The van der Waals surface area contributed by atoms with Gasteiger partial charge in [0.15, 0.2) is 0 Å². The van der Waals surface area contributed by atoms with E-state index in [9.17, 15) is 22.8 Å². The van der Waals surface area contributed by atoms with Crippen LogP contribution < -0.4 is 10.1 Å². The Balaban J connectivity index is 1.21. The van der Waals surface area contributed by atoms with Gasteiger partial charge in [-0.1, -0.05) is 19.9 Å². The zero-order valence-electron chi connectivity index (χ0n) is 27.1. The zero-order valence-corrected chi connectivity index (χ0v) is 27.1. The van der Waals surface area contributed by atoms with Gasteiger partial charge in [-0.25, -0.2) is 4.79 Å². The van der Waals surface area contributed by atoms with Gasteiger partial charge < -0.3 is 24.4 Å². The summed E-state index contributed by atoms with van der Waals surface area (Å²) in [5, 5.41) is 3.76. The Bertz CT molecular complexity index is 1380. The molecule has 1 aliphatic carbocycles. The lowest BCUT2D eigenvalue weighted by molar-refractivity contribution is -0.146. The van der Waals surface area contributed by atoms with Gasteiger partial charge in [-0.3, -0.25) is 9.78 Å². The van der Waals surface area contributed by atoms with Crippen LogP contribution >= 0.6 is 0 Å². The number of fused-ring (bicyclic) bond motifs is 1. The smallest absolute Gasteiger partial charge is 0.418 e. The normalized spacial score (nSPS) is 22.2. The lowest BCUT2D eigenvalue weighted by atomic mass is 9.74. The van der Waals surface area contributed by atoms with E-state index < -0.39 is 23.1 Å². The lowest BCUT2D eigenvalue weighted by Crippen LogP contribution is -2.49. The van der Waals surface area contributed by atoms with Gasteiger partial charge >= 0.3 is 12.1 Å². The number of methoxy groups -OCH3 is 1. The average molecular weight is 646 g/mol. The van der Waals surface area contributed by atoms with Crippen LogP contribution in [0.3, 0.4) is 0 Å². The maximum Gasteiger partial charge on any atom is 0.418 e. The molecule has 0 unspecified atom stereocenters. The van der Waals surface area contributed by atoms with Crippen molar-refractivity contribution < 1.29 is 37.0 Å². The first kappa shape index (κ1) is 34.2. The van der Waals surface area contributed by atoms with Gasteiger partial charge in [-0.15, -0.1) is 0 Å². The Morgan fingerprint density at radius 2 is 1.91 bits per heavy atom. The first-order valence-electron chi connectivity index (χ1n) is 16.5. The summed E-state index contributed by atoms with van der Waals surface area (Å²) in [7, 11) is 1.30. The number of unbranched alkanes of at least 4 members (excludes halogenated alkanes) is 1. The molecule has 8 nitrogen and oxygen atoms in total. The van der Waals surface area contributed by atoms with Gasteiger partial charge in [-0.05, 0) is 87.1 Å². The topological polar surface area (TPSA) is 90.0 Å². The number of amides is 1. The number of nitrogens with one attached hydrogen (secondary N) is 1. The Labute approximate surface area is 269 Å². The van der Waals surface area contributed by atoms with Crippen molar-refractivity contribution in [2.24, 2.45) is 11.3 Å². The van der Waals surface area contributed by atoms with Crippen molar-refractivity contribution in [1.29, 1.82) is 0 Å². The maximum atomic E-state index is 14.3. The second-order valence-corrected chi connectivity index (χ2v) is 13.2. The number of alkyl halides is 3. The number of carbonyl (C=O) groups excluding carboxylic acids is 2. The summed E-state index contributed by atoms with van der Waals surface area (Å²) < 4.78 is 58.7. The fraction of sp³-hybridized carbons (Fsp3) is 0.629. The highest BCUT2D eigenvalue weighted by molar-refractivity contribution is 5.89. The quantitative estimate of drug-likeness (QED) is 0.232. The standard InChI is InChI=1S/C35H46F3N3O5/c1-23(2)34(14-10-27(21-34)39-26-12-17-45-18-13-26)33(43)41-15-11-30-25(22-41)20-29(35(36,37)38)31(40-30)9-4-5-16-46-28-8-6-7-24(19-28)32(42)44-3/h6-8,19-20,23,26-27,39H,4-5,9-18,21-22H2,1-3H3/t27-,34+/m1/s1. The van der Waals surface area contributed by atoms with E-state index >= 15 is 0 Å². The van der Waals surface area contributed by atoms with Gasteiger partial charge in [0.1, 0.15) is 5.75 Å². The highest BCUT2D eigenvalue weighted by atomic mass is 19.4. The molecule has 0 bridgehead atoms. The third kappa shape index (κ3) is 7.85. The number of nitrogens with zero attached hydrogens (tertiary/aromatic N) is 2. The van der Waals surface area contributed by atoms with Gasteiger partial charge in [0, 0.05) is 50.5 Å². The van der Waals surface area contributed by atoms with Gasteiger partial charge in [0.05, 0.1) is 36.0 Å². The van der Waals surface area contributed by atoms with Crippen molar-refractivity contribution in [2.45, 2.75) is 96.4 Å². The second kappa shape index (κ2) is 14.7. The van der Waals surface area contributed by atoms with E-state index in [0.717, 1.165) is 45.3 Å². The van der Waals surface area contributed by atoms with E-state index in [-0.39, 0.29) is 43.1 Å². The summed E-state index contributed by atoms with van der Waals surface area (Å²) in [6, 6.07) is 8.46. The summed E-state index contributed by atoms with van der Waals surface area (Å²) in [6.45, 7) is 6.58. The second-order valence-electron chi connectivity index (χ2n) is 13.2. The number of halogens is 3. The van der Waals surface area contributed by atoms with Crippen LogP contribution in [-0.4, -0.2) is 67.3 Å².